The van der Waals surface area contributed by atoms with Crippen molar-refractivity contribution in [1.29, 1.82) is 0 Å². The predicted octanol–water partition coefficient (Wildman–Crippen LogP) is 12.7. The molecule has 1 aliphatic heterocycles. The Bertz CT molecular complexity index is 1930. The highest BCUT2D eigenvalue weighted by atomic mass is 16.5. The summed E-state index contributed by atoms with van der Waals surface area (Å²) in [7, 11) is 0. The zero-order chi connectivity index (χ0) is 36.0. The molecular weight excluding hydrogens is 655 g/mol. The van der Waals surface area contributed by atoms with Crippen molar-refractivity contribution in [3.05, 3.63) is 130 Å². The lowest BCUT2D eigenvalue weighted by molar-refractivity contribution is 0.0347. The van der Waals surface area contributed by atoms with Gasteiger partial charge in [0.25, 0.3) is 0 Å². The Morgan fingerprint density at radius 2 is 1.61 bits per heavy atom. The van der Waals surface area contributed by atoms with Gasteiger partial charge in [-0.15, -0.1) is 0 Å². The van der Waals surface area contributed by atoms with Gasteiger partial charge in [0.2, 0.25) is 0 Å². The molecule has 2 heteroatoms. The molecule has 0 spiro atoms. The van der Waals surface area contributed by atoms with Crippen molar-refractivity contribution >= 4 is 0 Å². The molecular formula is C52H63NO. The van der Waals surface area contributed by atoms with E-state index < -0.39 is 0 Å². The molecule has 2 nitrogen and oxygen atoms in total. The molecule has 0 bridgehead atoms. The van der Waals surface area contributed by atoms with Gasteiger partial charge in [0.05, 0.1) is 6.04 Å². The van der Waals surface area contributed by atoms with Crippen LogP contribution in [0.3, 0.4) is 0 Å². The molecule has 11 atom stereocenters. The first-order valence-electron chi connectivity index (χ1n) is 22.6. The largest absolute Gasteiger partial charge is 0.490 e. The van der Waals surface area contributed by atoms with Crippen molar-refractivity contribution in [3.63, 3.8) is 0 Å². The van der Waals surface area contributed by atoms with Crippen LogP contribution in [-0.2, 0) is 10.2 Å². The van der Waals surface area contributed by atoms with Gasteiger partial charge in [-0.05, 0) is 147 Å². The smallest absolute Gasteiger partial charge is 0.121 e. The molecule has 2 aromatic rings. The second-order valence-corrected chi connectivity index (χ2v) is 19.8. The summed E-state index contributed by atoms with van der Waals surface area (Å²) in [6, 6.07) is 22.5. The number of ether oxygens (including phenoxy) is 1. The summed E-state index contributed by atoms with van der Waals surface area (Å²) in [5.74, 6) is 5.99. The van der Waals surface area contributed by atoms with E-state index in [1.54, 1.807) is 33.5 Å². The average Bonchev–Trinajstić information content (AvgIpc) is 3.82. The molecule has 282 valence electrons. The lowest BCUT2D eigenvalue weighted by Crippen LogP contribution is -2.50. The lowest BCUT2D eigenvalue weighted by Gasteiger charge is -2.49. The van der Waals surface area contributed by atoms with Gasteiger partial charge >= 0.3 is 0 Å². The molecule has 54 heavy (non-hydrogen) atoms. The van der Waals surface area contributed by atoms with Crippen molar-refractivity contribution in [1.82, 2.24) is 4.90 Å². The summed E-state index contributed by atoms with van der Waals surface area (Å²) in [5.41, 5.74) is 10.4. The third-order valence-corrected chi connectivity index (χ3v) is 17.3. The zero-order valence-electron chi connectivity index (χ0n) is 33.1. The first-order valence-corrected chi connectivity index (χ1v) is 22.6. The highest BCUT2D eigenvalue weighted by Gasteiger charge is 2.60. The standard InChI is InChI=1S/C52H63NO/c1-51(2)43-23-12-11-22-42(43)50-46(51)26-15-27-47(50)53(36-18-7-4-8-19-36)37-29-31-41-40-30-28-35(32-48(40)54-49(41)33-37)52(34-16-5-3-6-17-34)44-24-13-9-20-38(44)39-21-10-14-25-45(39)52/h3,5-6,9,11-13,16-18,20,22,24,31,33,35,37,39-40,43,45-48,50H,4,7-8,10,14-15,19,21,23,25-30,32H2,1-2H3. The van der Waals surface area contributed by atoms with Crippen LogP contribution in [0.4, 0.5) is 0 Å². The maximum atomic E-state index is 7.35. The molecule has 5 fully saturated rings. The van der Waals surface area contributed by atoms with Crippen molar-refractivity contribution in [2.45, 2.75) is 146 Å². The summed E-state index contributed by atoms with van der Waals surface area (Å²) in [4.78, 5) is 3.02. The predicted molar refractivity (Wildman–Crippen MR) is 221 cm³/mol. The second kappa shape index (κ2) is 13.2. The highest BCUT2D eigenvalue weighted by molar-refractivity contribution is 5.53. The summed E-state index contributed by atoms with van der Waals surface area (Å²) in [6.07, 6.45) is 36.5. The molecule has 11 unspecified atom stereocenters. The minimum atomic E-state index is 0.0913. The van der Waals surface area contributed by atoms with Crippen LogP contribution in [-0.4, -0.2) is 23.1 Å². The number of benzene rings is 2. The highest BCUT2D eigenvalue weighted by Crippen LogP contribution is 2.66. The molecule has 0 amide bonds. The third-order valence-electron chi connectivity index (χ3n) is 17.3. The molecule has 1 heterocycles. The number of rotatable bonds is 5. The van der Waals surface area contributed by atoms with Crippen molar-refractivity contribution in [3.8, 4) is 0 Å². The van der Waals surface area contributed by atoms with E-state index in [0.717, 1.165) is 12.3 Å². The van der Waals surface area contributed by atoms with Crippen LogP contribution in [0.25, 0.3) is 0 Å². The van der Waals surface area contributed by atoms with E-state index in [0.29, 0.717) is 59.1 Å². The molecule has 4 saturated carbocycles. The first kappa shape index (κ1) is 34.0. The molecule has 0 radical (unpaired) electrons. The van der Waals surface area contributed by atoms with E-state index in [1.807, 2.05) is 0 Å². The van der Waals surface area contributed by atoms with Crippen LogP contribution in [0.2, 0.25) is 0 Å². The minimum absolute atomic E-state index is 0.0913. The average molecular weight is 718 g/mol. The Hall–Kier alpha value is -3.26. The zero-order valence-corrected chi connectivity index (χ0v) is 33.1. The summed E-state index contributed by atoms with van der Waals surface area (Å²) < 4.78 is 7.35. The van der Waals surface area contributed by atoms with E-state index in [-0.39, 0.29) is 5.41 Å². The molecule has 1 saturated heterocycles. The Morgan fingerprint density at radius 1 is 0.759 bits per heavy atom. The number of nitrogens with zero attached hydrogens (tertiary/aromatic N) is 1. The van der Waals surface area contributed by atoms with Gasteiger partial charge in [-0.3, -0.25) is 0 Å². The van der Waals surface area contributed by atoms with Gasteiger partial charge < -0.3 is 9.64 Å². The summed E-state index contributed by atoms with van der Waals surface area (Å²) in [5, 5.41) is 0. The van der Waals surface area contributed by atoms with Crippen molar-refractivity contribution in [2.24, 2.45) is 40.9 Å². The maximum Gasteiger partial charge on any atom is 0.121 e. The van der Waals surface area contributed by atoms with Gasteiger partial charge in [0.1, 0.15) is 11.9 Å². The van der Waals surface area contributed by atoms with Gasteiger partial charge in [-0.25, -0.2) is 0 Å². The monoisotopic (exact) mass is 717 g/mol. The fraction of sp³-hybridized carbons (Fsp3) is 0.577. The van der Waals surface area contributed by atoms with Gasteiger partial charge in [-0.1, -0.05) is 124 Å². The summed E-state index contributed by atoms with van der Waals surface area (Å²) in [6.45, 7) is 5.23. The number of hydrogen-bond donors (Lipinski definition) is 0. The van der Waals surface area contributed by atoms with E-state index in [2.05, 4.69) is 110 Å². The van der Waals surface area contributed by atoms with Crippen LogP contribution in [0, 0.1) is 40.9 Å². The fourth-order valence-electron chi connectivity index (χ4n) is 15.3. The Morgan fingerprint density at radius 3 is 2.50 bits per heavy atom. The van der Waals surface area contributed by atoms with Gasteiger partial charge in [-0.2, -0.15) is 0 Å². The van der Waals surface area contributed by atoms with Crippen molar-refractivity contribution < 1.29 is 4.74 Å². The third kappa shape index (κ3) is 4.95. The van der Waals surface area contributed by atoms with Crippen molar-refractivity contribution in [2.75, 3.05) is 0 Å². The quantitative estimate of drug-likeness (QED) is 0.305. The molecule has 8 aliphatic carbocycles. The van der Waals surface area contributed by atoms with E-state index in [4.69, 9.17) is 4.74 Å². The van der Waals surface area contributed by atoms with Crippen LogP contribution >= 0.6 is 0 Å². The molecule has 0 aromatic heterocycles. The van der Waals surface area contributed by atoms with Crippen LogP contribution in [0.15, 0.2) is 114 Å². The normalized spacial score (nSPS) is 40.0. The number of allylic oxidation sites excluding steroid dienone is 6. The van der Waals surface area contributed by atoms with E-state index in [1.165, 1.54) is 102 Å². The number of hydrogen-bond acceptors (Lipinski definition) is 2. The van der Waals surface area contributed by atoms with Crippen LogP contribution in [0.5, 0.6) is 0 Å². The minimum Gasteiger partial charge on any atom is -0.490 e. The number of fused-ring (bicyclic) bond motifs is 9. The van der Waals surface area contributed by atoms with Gasteiger partial charge in [0, 0.05) is 29.0 Å². The van der Waals surface area contributed by atoms with Crippen LogP contribution in [0.1, 0.15) is 139 Å². The van der Waals surface area contributed by atoms with E-state index in [9.17, 15) is 0 Å². The maximum absolute atomic E-state index is 7.35. The fourth-order valence-corrected chi connectivity index (χ4v) is 15.3. The van der Waals surface area contributed by atoms with Crippen LogP contribution < -0.4 is 0 Å². The molecule has 2 aromatic carbocycles. The topological polar surface area (TPSA) is 12.5 Å². The Kier molecular flexibility index (Phi) is 8.30. The molecule has 0 N–H and O–H groups in total. The molecule has 11 rings (SSSR count). The second-order valence-electron chi connectivity index (χ2n) is 19.8. The first-order chi connectivity index (χ1) is 26.5. The Balaban J connectivity index is 0.927. The lowest BCUT2D eigenvalue weighted by atomic mass is 9.54. The SMILES string of the molecule is CC1(C)C2CC=CC=C2C2C(N(C3=CCCCC3)C3C=C4OC5CC(C6(c7ccccc7)c7ccccc7C7CCCCC76)CCC5C4=CC3)CCCC21. The van der Waals surface area contributed by atoms with Gasteiger partial charge in [0.15, 0.2) is 0 Å². The Labute approximate surface area is 325 Å². The summed E-state index contributed by atoms with van der Waals surface area (Å²) >= 11 is 0. The van der Waals surface area contributed by atoms with E-state index >= 15 is 0 Å². The molecule has 9 aliphatic rings.